The Morgan fingerprint density at radius 1 is 1.53 bits per heavy atom. The van der Waals surface area contributed by atoms with Crippen molar-refractivity contribution in [1.29, 1.82) is 0 Å². The molecule has 0 atom stereocenters. The van der Waals surface area contributed by atoms with Gasteiger partial charge in [0.1, 0.15) is 0 Å². The van der Waals surface area contributed by atoms with E-state index in [1.54, 1.807) is 6.20 Å². The van der Waals surface area contributed by atoms with E-state index >= 15 is 0 Å². The lowest BCUT2D eigenvalue weighted by molar-refractivity contribution is -0.117. The van der Waals surface area contributed by atoms with Crippen molar-refractivity contribution >= 4 is 5.91 Å². The topological polar surface area (TPSA) is 54.0 Å². The molecular weight excluding hydrogens is 214 g/mol. The minimum Gasteiger partial charge on any atom is -0.348 e. The number of amides is 1. The second-order valence-electron chi connectivity index (χ2n) is 4.32. The first-order chi connectivity index (χ1) is 8.18. The van der Waals surface area contributed by atoms with E-state index < -0.39 is 0 Å². The number of carbonyl (C=O) groups is 1. The molecule has 0 aromatic carbocycles. The number of pyridine rings is 1. The summed E-state index contributed by atoms with van der Waals surface area (Å²) < 4.78 is 0. The number of carbonyl (C=O) groups excluding carboxylic acids is 1. The Kier molecular flexibility index (Phi) is 3.54. The van der Waals surface area contributed by atoms with Crippen LogP contribution in [-0.4, -0.2) is 24.0 Å². The normalized spacial score (nSPS) is 14.1. The molecule has 4 nitrogen and oxygen atoms in total. The highest BCUT2D eigenvalue weighted by atomic mass is 16.1. The monoisotopic (exact) mass is 231 g/mol. The fourth-order valence-corrected chi connectivity index (χ4v) is 1.68. The maximum Gasteiger partial charge on any atom is 0.247 e. The highest BCUT2D eigenvalue weighted by Gasteiger charge is 2.15. The molecule has 0 aliphatic carbocycles. The number of aromatic nitrogens is 1. The highest BCUT2D eigenvalue weighted by molar-refractivity contribution is 5.93. The Balaban J connectivity index is 1.95. The average Bonchev–Trinajstić information content (AvgIpc) is 2.25. The number of hydrogen-bond donors (Lipinski definition) is 2. The average molecular weight is 231 g/mol. The van der Waals surface area contributed by atoms with Crippen molar-refractivity contribution in [2.24, 2.45) is 0 Å². The minimum atomic E-state index is 0.0257. The fourth-order valence-electron chi connectivity index (χ4n) is 1.68. The van der Waals surface area contributed by atoms with Gasteiger partial charge in [-0.1, -0.05) is 0 Å². The zero-order chi connectivity index (χ0) is 12.3. The zero-order valence-electron chi connectivity index (χ0n) is 10.2. The van der Waals surface area contributed by atoms with Crippen LogP contribution in [0.1, 0.15) is 18.1 Å². The Labute approximate surface area is 101 Å². The molecule has 0 unspecified atom stereocenters. The van der Waals surface area contributed by atoms with Gasteiger partial charge in [-0.15, -0.1) is 0 Å². The smallest absolute Gasteiger partial charge is 0.247 e. The maximum absolute atomic E-state index is 11.8. The molecule has 0 spiro atoms. The van der Waals surface area contributed by atoms with E-state index in [2.05, 4.69) is 15.6 Å². The van der Waals surface area contributed by atoms with Crippen LogP contribution < -0.4 is 10.6 Å². The quantitative estimate of drug-likeness (QED) is 0.761. The minimum absolute atomic E-state index is 0.0257. The van der Waals surface area contributed by atoms with Crippen molar-refractivity contribution in [3.05, 3.63) is 40.7 Å². The summed E-state index contributed by atoms with van der Waals surface area (Å²) in [7, 11) is 0. The standard InChI is InChI=1S/C13H17N3O/c1-9-5-14-4-3-11(9)8-16-13(17)10(2)12-6-15-7-12/h3-5,15H,6-8H2,1-2H3,(H,16,17). The number of hydrogen-bond acceptors (Lipinski definition) is 3. The van der Waals surface area contributed by atoms with Crippen LogP contribution in [0.4, 0.5) is 0 Å². The summed E-state index contributed by atoms with van der Waals surface area (Å²) in [6.45, 7) is 6.12. The van der Waals surface area contributed by atoms with Crippen molar-refractivity contribution < 1.29 is 4.79 Å². The summed E-state index contributed by atoms with van der Waals surface area (Å²) in [5.41, 5.74) is 4.26. The predicted octanol–water partition coefficient (Wildman–Crippen LogP) is 0.926. The molecule has 4 heteroatoms. The van der Waals surface area contributed by atoms with Gasteiger partial charge in [-0.3, -0.25) is 9.78 Å². The Bertz CT molecular complexity index is 459. The third-order valence-corrected chi connectivity index (χ3v) is 3.12. The van der Waals surface area contributed by atoms with Gasteiger partial charge in [-0.05, 0) is 36.6 Å². The van der Waals surface area contributed by atoms with Crippen LogP contribution in [-0.2, 0) is 11.3 Å². The summed E-state index contributed by atoms with van der Waals surface area (Å²) in [6, 6.07) is 1.93. The number of nitrogens with one attached hydrogen (secondary N) is 2. The van der Waals surface area contributed by atoms with Crippen LogP contribution in [0.2, 0.25) is 0 Å². The molecule has 1 aliphatic heterocycles. The summed E-state index contributed by atoms with van der Waals surface area (Å²) >= 11 is 0. The molecule has 2 N–H and O–H groups in total. The van der Waals surface area contributed by atoms with E-state index in [0.717, 1.165) is 29.8 Å². The second-order valence-corrected chi connectivity index (χ2v) is 4.32. The summed E-state index contributed by atoms with van der Waals surface area (Å²) in [6.07, 6.45) is 3.55. The predicted molar refractivity (Wildman–Crippen MR) is 66.4 cm³/mol. The second kappa shape index (κ2) is 5.10. The van der Waals surface area contributed by atoms with Crippen LogP contribution in [0.15, 0.2) is 29.6 Å². The van der Waals surface area contributed by atoms with E-state index in [1.165, 1.54) is 5.57 Å². The van der Waals surface area contributed by atoms with Crippen LogP contribution in [0.5, 0.6) is 0 Å². The molecule has 90 valence electrons. The van der Waals surface area contributed by atoms with Gasteiger partial charge in [0.25, 0.3) is 0 Å². The highest BCUT2D eigenvalue weighted by Crippen LogP contribution is 2.09. The van der Waals surface area contributed by atoms with E-state index in [4.69, 9.17) is 0 Å². The lowest BCUT2D eigenvalue weighted by atomic mass is 10.0. The van der Waals surface area contributed by atoms with Crippen molar-refractivity contribution in [2.75, 3.05) is 13.1 Å². The van der Waals surface area contributed by atoms with Crippen LogP contribution in [0.3, 0.4) is 0 Å². The van der Waals surface area contributed by atoms with Crippen molar-refractivity contribution in [2.45, 2.75) is 20.4 Å². The number of rotatable bonds is 3. The molecule has 0 saturated carbocycles. The third-order valence-electron chi connectivity index (χ3n) is 3.12. The SMILES string of the molecule is CC(C(=O)NCc1ccncc1C)=C1CNC1. The van der Waals surface area contributed by atoms with Gasteiger partial charge in [0.05, 0.1) is 0 Å². The molecule has 2 rings (SSSR count). The lowest BCUT2D eigenvalue weighted by Gasteiger charge is -2.21. The first-order valence-corrected chi connectivity index (χ1v) is 5.75. The van der Waals surface area contributed by atoms with Gasteiger partial charge in [0.15, 0.2) is 0 Å². The third kappa shape index (κ3) is 2.71. The summed E-state index contributed by atoms with van der Waals surface area (Å²) in [5, 5.41) is 6.07. The van der Waals surface area contributed by atoms with Crippen LogP contribution in [0.25, 0.3) is 0 Å². The molecule has 1 aromatic rings. The molecule has 1 aliphatic rings. The van der Waals surface area contributed by atoms with Gasteiger partial charge in [-0.25, -0.2) is 0 Å². The van der Waals surface area contributed by atoms with Crippen molar-refractivity contribution in [1.82, 2.24) is 15.6 Å². The Hall–Kier alpha value is -1.68. The molecule has 1 aromatic heterocycles. The first-order valence-electron chi connectivity index (χ1n) is 5.75. The van der Waals surface area contributed by atoms with Gasteiger partial charge < -0.3 is 10.6 Å². The number of nitrogens with zero attached hydrogens (tertiary/aromatic N) is 1. The zero-order valence-corrected chi connectivity index (χ0v) is 10.2. The molecule has 2 heterocycles. The van der Waals surface area contributed by atoms with Crippen molar-refractivity contribution in [3.8, 4) is 0 Å². The Morgan fingerprint density at radius 3 is 2.88 bits per heavy atom. The van der Waals surface area contributed by atoms with Gasteiger partial charge in [0, 0.05) is 37.6 Å². The van der Waals surface area contributed by atoms with E-state index in [0.29, 0.717) is 6.54 Å². The van der Waals surface area contributed by atoms with Gasteiger partial charge in [0.2, 0.25) is 5.91 Å². The molecule has 1 amide bonds. The maximum atomic E-state index is 11.8. The molecule has 1 saturated heterocycles. The summed E-state index contributed by atoms with van der Waals surface area (Å²) in [4.78, 5) is 15.9. The van der Waals surface area contributed by atoms with Gasteiger partial charge >= 0.3 is 0 Å². The largest absolute Gasteiger partial charge is 0.348 e. The van der Waals surface area contributed by atoms with Crippen LogP contribution >= 0.6 is 0 Å². The molecular formula is C13H17N3O. The van der Waals surface area contributed by atoms with Gasteiger partial charge in [-0.2, -0.15) is 0 Å². The molecule has 17 heavy (non-hydrogen) atoms. The fraction of sp³-hybridized carbons (Fsp3) is 0.385. The molecule has 0 bridgehead atoms. The van der Waals surface area contributed by atoms with E-state index in [-0.39, 0.29) is 5.91 Å². The number of aryl methyl sites for hydroxylation is 1. The van der Waals surface area contributed by atoms with E-state index in [9.17, 15) is 4.79 Å². The Morgan fingerprint density at radius 2 is 2.29 bits per heavy atom. The molecule has 1 fully saturated rings. The van der Waals surface area contributed by atoms with Crippen LogP contribution in [0, 0.1) is 6.92 Å². The molecule has 0 radical (unpaired) electrons. The van der Waals surface area contributed by atoms with E-state index in [1.807, 2.05) is 26.1 Å². The lowest BCUT2D eigenvalue weighted by Crippen LogP contribution is -2.37. The first kappa shape index (κ1) is 11.8. The van der Waals surface area contributed by atoms with Crippen molar-refractivity contribution in [3.63, 3.8) is 0 Å². The summed E-state index contributed by atoms with van der Waals surface area (Å²) in [5.74, 6) is 0.0257.